The predicted molar refractivity (Wildman–Crippen MR) is 88.6 cm³/mol. The van der Waals surface area contributed by atoms with Crippen LogP contribution in [0.25, 0.3) is 0 Å². The van der Waals surface area contributed by atoms with E-state index in [9.17, 15) is 0 Å². The highest BCUT2D eigenvalue weighted by Gasteiger charge is 2.30. The topological polar surface area (TPSA) is 39.7 Å². The predicted octanol–water partition coefficient (Wildman–Crippen LogP) is 3.24. The van der Waals surface area contributed by atoms with Crippen LogP contribution >= 0.6 is 0 Å². The Bertz CT molecular complexity index is 462. The molecule has 1 aromatic rings. The van der Waals surface area contributed by atoms with Crippen LogP contribution in [-0.2, 0) is 11.3 Å². The van der Waals surface area contributed by atoms with Gasteiger partial charge in [0.25, 0.3) is 0 Å². The smallest absolute Gasteiger partial charge is 0.161 e. The van der Waals surface area contributed by atoms with Crippen molar-refractivity contribution < 1.29 is 14.2 Å². The van der Waals surface area contributed by atoms with Crippen LogP contribution in [0.2, 0.25) is 0 Å². The molecule has 0 aliphatic carbocycles. The van der Waals surface area contributed by atoms with Crippen LogP contribution < -0.4 is 14.8 Å². The van der Waals surface area contributed by atoms with Gasteiger partial charge in [-0.15, -0.1) is 0 Å². The summed E-state index contributed by atoms with van der Waals surface area (Å²) >= 11 is 0. The molecule has 0 bridgehead atoms. The number of benzene rings is 1. The van der Waals surface area contributed by atoms with Gasteiger partial charge in [-0.25, -0.2) is 0 Å². The first kappa shape index (κ1) is 17.1. The summed E-state index contributed by atoms with van der Waals surface area (Å²) in [5.74, 6) is 2.80. The summed E-state index contributed by atoms with van der Waals surface area (Å²) in [5.41, 5.74) is 1.21. The van der Waals surface area contributed by atoms with E-state index in [-0.39, 0.29) is 0 Å². The fourth-order valence-electron chi connectivity index (χ4n) is 3.11. The first-order valence-corrected chi connectivity index (χ1v) is 8.27. The van der Waals surface area contributed by atoms with Crippen molar-refractivity contribution in [3.8, 4) is 11.5 Å². The van der Waals surface area contributed by atoms with Gasteiger partial charge < -0.3 is 19.5 Å². The standard InChI is InChI=1S/C18H29NO3/c1-5-21-16-7-6-14(10-17(16)20-4)11-19-12-15-8-9-22-18(15)13(2)3/h6-7,10,13,15,18-19H,5,8-9,11-12H2,1-4H3/t15-,18-/m1/s1. The highest BCUT2D eigenvalue weighted by Crippen LogP contribution is 2.28. The van der Waals surface area contributed by atoms with E-state index in [4.69, 9.17) is 14.2 Å². The van der Waals surface area contributed by atoms with E-state index < -0.39 is 0 Å². The Morgan fingerprint density at radius 1 is 1.32 bits per heavy atom. The van der Waals surface area contributed by atoms with Gasteiger partial charge in [-0.05, 0) is 42.9 Å². The Morgan fingerprint density at radius 3 is 2.82 bits per heavy atom. The van der Waals surface area contributed by atoms with Gasteiger partial charge in [0.1, 0.15) is 0 Å². The highest BCUT2D eigenvalue weighted by molar-refractivity contribution is 5.42. The summed E-state index contributed by atoms with van der Waals surface area (Å²) in [7, 11) is 1.68. The van der Waals surface area contributed by atoms with Crippen LogP contribution in [0.1, 0.15) is 32.8 Å². The molecule has 0 amide bonds. The van der Waals surface area contributed by atoms with Crippen molar-refractivity contribution in [2.45, 2.75) is 39.8 Å². The van der Waals surface area contributed by atoms with Crippen LogP contribution in [0.15, 0.2) is 18.2 Å². The Balaban J connectivity index is 1.86. The van der Waals surface area contributed by atoms with E-state index in [0.717, 1.165) is 37.6 Å². The molecule has 124 valence electrons. The maximum Gasteiger partial charge on any atom is 0.161 e. The van der Waals surface area contributed by atoms with Gasteiger partial charge in [0.15, 0.2) is 11.5 Å². The molecule has 1 fully saturated rings. The zero-order valence-corrected chi connectivity index (χ0v) is 14.2. The van der Waals surface area contributed by atoms with Crippen LogP contribution in [0.4, 0.5) is 0 Å². The minimum absolute atomic E-state index is 0.391. The van der Waals surface area contributed by atoms with E-state index >= 15 is 0 Å². The quantitative estimate of drug-likeness (QED) is 0.800. The van der Waals surface area contributed by atoms with Crippen molar-refractivity contribution in [3.05, 3.63) is 23.8 Å². The molecule has 4 nitrogen and oxygen atoms in total. The summed E-state index contributed by atoms with van der Waals surface area (Å²) in [6, 6.07) is 6.11. The van der Waals surface area contributed by atoms with Crippen molar-refractivity contribution in [1.82, 2.24) is 5.32 Å². The second kappa shape index (κ2) is 8.39. The first-order chi connectivity index (χ1) is 10.7. The zero-order valence-electron chi connectivity index (χ0n) is 14.2. The summed E-state index contributed by atoms with van der Waals surface area (Å²) in [6.45, 7) is 9.82. The van der Waals surface area contributed by atoms with Crippen LogP contribution in [0.5, 0.6) is 11.5 Å². The molecular formula is C18H29NO3. The van der Waals surface area contributed by atoms with E-state index in [1.165, 1.54) is 5.56 Å². The summed E-state index contributed by atoms with van der Waals surface area (Å²) in [4.78, 5) is 0. The number of hydrogen-bond acceptors (Lipinski definition) is 4. The maximum absolute atomic E-state index is 5.83. The molecule has 22 heavy (non-hydrogen) atoms. The van der Waals surface area contributed by atoms with Gasteiger partial charge >= 0.3 is 0 Å². The van der Waals surface area contributed by atoms with Gasteiger partial charge in [0.05, 0.1) is 19.8 Å². The molecule has 0 radical (unpaired) electrons. The molecule has 0 unspecified atom stereocenters. The lowest BCUT2D eigenvalue weighted by atomic mass is 9.93. The lowest BCUT2D eigenvalue weighted by Gasteiger charge is -2.22. The molecule has 1 N–H and O–H groups in total. The number of ether oxygens (including phenoxy) is 3. The van der Waals surface area contributed by atoms with Gasteiger partial charge in [0.2, 0.25) is 0 Å². The molecule has 1 aromatic carbocycles. The first-order valence-electron chi connectivity index (χ1n) is 8.27. The van der Waals surface area contributed by atoms with Crippen molar-refractivity contribution in [2.75, 3.05) is 26.9 Å². The van der Waals surface area contributed by atoms with Gasteiger partial charge in [0, 0.05) is 19.7 Å². The van der Waals surface area contributed by atoms with E-state index in [2.05, 4.69) is 25.2 Å². The molecule has 0 aromatic heterocycles. The number of hydrogen-bond donors (Lipinski definition) is 1. The number of methoxy groups -OCH3 is 1. The highest BCUT2D eigenvalue weighted by atomic mass is 16.5. The Kier molecular flexibility index (Phi) is 6.52. The van der Waals surface area contributed by atoms with E-state index in [1.807, 2.05) is 19.1 Å². The van der Waals surface area contributed by atoms with E-state index in [1.54, 1.807) is 7.11 Å². The largest absolute Gasteiger partial charge is 0.493 e. The average Bonchev–Trinajstić information content (AvgIpc) is 2.97. The third-order valence-electron chi connectivity index (χ3n) is 4.18. The maximum atomic E-state index is 5.83. The van der Waals surface area contributed by atoms with Crippen molar-refractivity contribution in [3.63, 3.8) is 0 Å². The molecule has 1 aliphatic rings. The molecule has 0 spiro atoms. The van der Waals surface area contributed by atoms with Gasteiger partial charge in [-0.3, -0.25) is 0 Å². The lowest BCUT2D eigenvalue weighted by Crippen LogP contribution is -2.31. The number of rotatable bonds is 8. The molecule has 0 saturated carbocycles. The van der Waals surface area contributed by atoms with Crippen molar-refractivity contribution in [2.24, 2.45) is 11.8 Å². The van der Waals surface area contributed by atoms with Crippen LogP contribution in [0, 0.1) is 11.8 Å². The molecule has 2 atom stereocenters. The van der Waals surface area contributed by atoms with Crippen LogP contribution in [0.3, 0.4) is 0 Å². The summed E-state index contributed by atoms with van der Waals surface area (Å²) in [5, 5.41) is 3.55. The molecule has 4 heteroatoms. The zero-order chi connectivity index (χ0) is 15.9. The third kappa shape index (κ3) is 4.37. The molecule has 2 rings (SSSR count). The molecule has 1 heterocycles. The van der Waals surface area contributed by atoms with Gasteiger partial charge in [-0.2, -0.15) is 0 Å². The normalized spacial score (nSPS) is 21.3. The number of nitrogens with one attached hydrogen (secondary N) is 1. The molecule has 1 aliphatic heterocycles. The summed E-state index contributed by atoms with van der Waals surface area (Å²) in [6.07, 6.45) is 1.55. The van der Waals surface area contributed by atoms with Crippen molar-refractivity contribution >= 4 is 0 Å². The minimum atomic E-state index is 0.391. The Hall–Kier alpha value is -1.26. The lowest BCUT2D eigenvalue weighted by molar-refractivity contribution is 0.0539. The monoisotopic (exact) mass is 307 g/mol. The van der Waals surface area contributed by atoms with Crippen LogP contribution in [-0.4, -0.2) is 33.0 Å². The fraction of sp³-hybridized carbons (Fsp3) is 0.667. The average molecular weight is 307 g/mol. The molecular weight excluding hydrogens is 278 g/mol. The third-order valence-corrected chi connectivity index (χ3v) is 4.18. The fourth-order valence-corrected chi connectivity index (χ4v) is 3.11. The second-order valence-corrected chi connectivity index (χ2v) is 6.18. The Morgan fingerprint density at radius 2 is 2.14 bits per heavy atom. The SMILES string of the molecule is CCOc1ccc(CNC[C@H]2CCO[C@@H]2C(C)C)cc1OC. The van der Waals surface area contributed by atoms with Crippen molar-refractivity contribution in [1.29, 1.82) is 0 Å². The Labute approximate surface area is 134 Å². The van der Waals surface area contributed by atoms with E-state index in [0.29, 0.717) is 24.5 Å². The molecule has 1 saturated heterocycles. The van der Waals surface area contributed by atoms with Gasteiger partial charge in [-0.1, -0.05) is 19.9 Å². The second-order valence-electron chi connectivity index (χ2n) is 6.18. The summed E-state index contributed by atoms with van der Waals surface area (Å²) < 4.78 is 16.8. The minimum Gasteiger partial charge on any atom is -0.493 e.